The number of rotatable bonds is 35. The van der Waals surface area contributed by atoms with E-state index in [0.717, 1.165) is 0 Å². The fourth-order valence-corrected chi connectivity index (χ4v) is 7.62. The molecule has 2 rings (SSSR count). The van der Waals surface area contributed by atoms with Crippen molar-refractivity contribution in [3.05, 3.63) is 65.7 Å². The third kappa shape index (κ3) is 24.0. The molecule has 0 aliphatic heterocycles. The van der Waals surface area contributed by atoms with Crippen molar-refractivity contribution in [2.24, 2.45) is 45.5 Å². The van der Waals surface area contributed by atoms with Crippen LogP contribution in [0, 0.1) is 11.8 Å². The van der Waals surface area contributed by atoms with Crippen molar-refractivity contribution in [2.75, 3.05) is 13.1 Å². The molecule has 0 saturated carbocycles. The Labute approximate surface area is 441 Å². The molecule has 0 bridgehead atoms. The molecule has 2 aromatic rings. The van der Waals surface area contributed by atoms with Gasteiger partial charge in [0.2, 0.25) is 47.3 Å². The topological polar surface area (TPSA) is 458 Å². The monoisotopic (exact) mass is 1070 g/mol. The first-order valence-electron chi connectivity index (χ1n) is 25.0. The lowest BCUT2D eigenvalue weighted by Gasteiger charge is -2.28. The highest BCUT2D eigenvalue weighted by molar-refractivity contribution is 5.99. The average Bonchev–Trinajstić information content (AvgIpc) is 3.35. The van der Waals surface area contributed by atoms with E-state index in [4.69, 9.17) is 28.7 Å². The summed E-state index contributed by atoms with van der Waals surface area (Å²) in [5.41, 5.74) is 28.8. The molecule has 0 fully saturated rings. The van der Waals surface area contributed by atoms with Gasteiger partial charge < -0.3 is 81.2 Å². The van der Waals surface area contributed by atoms with Gasteiger partial charge in [0.15, 0.2) is 5.96 Å². The number of benzene rings is 2. The van der Waals surface area contributed by atoms with Crippen LogP contribution in [0.15, 0.2) is 59.6 Å². The zero-order valence-electron chi connectivity index (χ0n) is 43.4. The molecule has 0 spiro atoms. The lowest BCUT2D eigenvalue weighted by atomic mass is 9.98. The number of amides is 8. The van der Waals surface area contributed by atoms with Crippen molar-refractivity contribution in [2.45, 2.75) is 147 Å². The molecule has 20 N–H and O–H groups in total. The lowest BCUT2D eigenvalue weighted by Crippen LogP contribution is -2.61. The van der Waals surface area contributed by atoms with E-state index in [0.29, 0.717) is 30.4 Å². The number of aliphatic carboxylic acids is 2. The lowest BCUT2D eigenvalue weighted by molar-refractivity contribution is -0.144. The molecule has 76 heavy (non-hydrogen) atoms. The predicted molar refractivity (Wildman–Crippen MR) is 279 cm³/mol. The van der Waals surface area contributed by atoms with Crippen molar-refractivity contribution in [3.63, 3.8) is 0 Å². The van der Waals surface area contributed by atoms with Gasteiger partial charge in [0.1, 0.15) is 48.0 Å². The number of carbonyl (C=O) groups is 10. The second kappa shape index (κ2) is 33.1. The summed E-state index contributed by atoms with van der Waals surface area (Å²) in [5, 5.41) is 47.0. The van der Waals surface area contributed by atoms with Crippen molar-refractivity contribution in [3.8, 4) is 5.75 Å². The van der Waals surface area contributed by atoms with Gasteiger partial charge in [0.25, 0.3) is 0 Å². The number of nitrogens with zero attached hydrogens (tertiary/aromatic N) is 1. The Morgan fingerprint density at radius 2 is 1.04 bits per heavy atom. The number of aliphatic imine (C=N–C) groups is 1. The number of phenolic OH excluding ortho intramolecular Hbond substituents is 1. The minimum atomic E-state index is -1.73. The molecule has 0 radical (unpaired) electrons. The Hall–Kier alpha value is -7.87. The minimum absolute atomic E-state index is 0.000767. The van der Waals surface area contributed by atoms with Gasteiger partial charge in [-0.2, -0.15) is 0 Å². The molecule has 0 heterocycles. The van der Waals surface area contributed by atoms with Crippen LogP contribution in [0.5, 0.6) is 5.75 Å². The summed E-state index contributed by atoms with van der Waals surface area (Å²) in [5.74, 6) is -11.6. The molecule has 0 aliphatic rings. The number of carboxylic acid groups (broad SMARTS) is 2. The number of aromatic hydroxyl groups is 1. The summed E-state index contributed by atoms with van der Waals surface area (Å²) >= 11 is 0. The SMILES string of the molecule is CC[C@H](C)[C@H](NC(=O)[C@H](CCCCN)NC(=O)[C@H](CC(N)=O)NC(=O)[C@H](Cc1ccccc1)NC(=O)[C@H](Cc1ccc(O)cc1)NC(=O)[C@H](CC(C)C)NC(=O)[C@H](CC(=O)O)NC(=O)[C@@H](N)CCCN=C(N)N)C(=O)O. The van der Waals surface area contributed by atoms with Gasteiger partial charge in [-0.15, -0.1) is 0 Å². The molecule has 420 valence electrons. The first-order chi connectivity index (χ1) is 35.8. The molecule has 0 saturated heterocycles. The van der Waals surface area contributed by atoms with Crippen LogP contribution >= 0.6 is 0 Å². The standard InChI is InChI=1S/C50H77N13O13/c1-5-28(4)41(49(75)76)63-43(69)33(15-9-10-20-51)57-47(73)37(25-39(53)65)62-46(72)35(23-29-12-7-6-8-13-29)61-45(71)36(24-30-16-18-31(64)19-17-30)60-44(70)34(22-27(2)3)59-48(74)38(26-40(66)67)58-42(68)32(52)14-11-21-56-50(54)55/h6-8,12-13,16-19,27-28,32-38,41,64H,5,9-11,14-15,20-26,51-52H2,1-4H3,(H2,53,65)(H,57,73)(H,58,68)(H,59,74)(H,60,70)(H,61,71)(H,62,72)(H,63,69)(H,66,67)(H,75,76)(H4,54,55,56)/t28-,32-,33-,34-,35-,36-,37-,38-,41-/m0/s1. The van der Waals surface area contributed by atoms with Crippen LogP contribution in [-0.4, -0.2) is 142 Å². The summed E-state index contributed by atoms with van der Waals surface area (Å²) in [6.45, 7) is 7.21. The first kappa shape index (κ1) is 64.2. The molecule has 26 heteroatoms. The molecular weight excluding hydrogens is 991 g/mol. The Bertz CT molecular complexity index is 2300. The maximum Gasteiger partial charge on any atom is 0.326 e. The van der Waals surface area contributed by atoms with Gasteiger partial charge in [-0.05, 0) is 80.2 Å². The van der Waals surface area contributed by atoms with Crippen LogP contribution < -0.4 is 65.9 Å². The van der Waals surface area contributed by atoms with Crippen LogP contribution in [0.25, 0.3) is 0 Å². The van der Waals surface area contributed by atoms with Crippen LogP contribution in [0.1, 0.15) is 96.6 Å². The summed E-state index contributed by atoms with van der Waals surface area (Å²) in [6.07, 6.45) is -0.721. The van der Waals surface area contributed by atoms with Crippen molar-refractivity contribution in [1.82, 2.24) is 37.2 Å². The van der Waals surface area contributed by atoms with Gasteiger partial charge in [-0.3, -0.25) is 48.1 Å². The van der Waals surface area contributed by atoms with Crippen LogP contribution in [0.4, 0.5) is 0 Å². The van der Waals surface area contributed by atoms with Crippen LogP contribution in [-0.2, 0) is 60.8 Å². The summed E-state index contributed by atoms with van der Waals surface area (Å²) < 4.78 is 0. The molecule has 2 aromatic carbocycles. The number of carboxylic acids is 2. The number of nitrogens with one attached hydrogen (secondary N) is 7. The quantitative estimate of drug-likeness (QED) is 0.0194. The fraction of sp³-hybridized carbons (Fsp3) is 0.540. The van der Waals surface area contributed by atoms with Crippen LogP contribution in [0.2, 0.25) is 0 Å². The Kier molecular flexibility index (Phi) is 28.0. The summed E-state index contributed by atoms with van der Waals surface area (Å²) in [6, 6.07) is 2.12. The van der Waals surface area contributed by atoms with E-state index in [9.17, 15) is 63.3 Å². The third-order valence-electron chi connectivity index (χ3n) is 12.0. The normalized spacial score (nSPS) is 14.6. The Balaban J connectivity index is 2.55. The van der Waals surface area contributed by atoms with E-state index in [1.165, 1.54) is 24.3 Å². The van der Waals surface area contributed by atoms with Crippen molar-refractivity contribution < 1.29 is 63.3 Å². The van der Waals surface area contributed by atoms with Crippen molar-refractivity contribution in [1.29, 1.82) is 0 Å². The zero-order chi connectivity index (χ0) is 57.1. The smallest absolute Gasteiger partial charge is 0.326 e. The van der Waals surface area contributed by atoms with Gasteiger partial charge in [-0.1, -0.05) is 76.6 Å². The van der Waals surface area contributed by atoms with E-state index < -0.39 is 126 Å². The molecule has 0 aliphatic carbocycles. The first-order valence-corrected chi connectivity index (χ1v) is 25.0. The van der Waals surface area contributed by atoms with E-state index in [2.05, 4.69) is 42.2 Å². The minimum Gasteiger partial charge on any atom is -0.508 e. The third-order valence-corrected chi connectivity index (χ3v) is 12.0. The number of hydrogen-bond acceptors (Lipinski definition) is 14. The number of phenols is 1. The second-order valence-corrected chi connectivity index (χ2v) is 18.9. The number of carbonyl (C=O) groups excluding carboxylic acids is 8. The maximum absolute atomic E-state index is 14.6. The molecule has 8 amide bonds. The molecule has 9 atom stereocenters. The number of guanidine groups is 1. The van der Waals surface area contributed by atoms with E-state index >= 15 is 0 Å². The summed E-state index contributed by atoms with van der Waals surface area (Å²) in [7, 11) is 0. The number of primary amides is 1. The van der Waals surface area contributed by atoms with Gasteiger partial charge in [0.05, 0.1) is 18.9 Å². The van der Waals surface area contributed by atoms with Gasteiger partial charge >= 0.3 is 11.9 Å². The average molecular weight is 1070 g/mol. The summed E-state index contributed by atoms with van der Waals surface area (Å²) in [4.78, 5) is 138. The highest BCUT2D eigenvalue weighted by Gasteiger charge is 2.36. The fourth-order valence-electron chi connectivity index (χ4n) is 7.62. The highest BCUT2D eigenvalue weighted by atomic mass is 16.4. The van der Waals surface area contributed by atoms with E-state index in [1.807, 2.05) is 0 Å². The Morgan fingerprint density at radius 3 is 1.54 bits per heavy atom. The number of hydrogen-bond donors (Lipinski definition) is 15. The predicted octanol–water partition coefficient (Wildman–Crippen LogP) is -2.39. The molecule has 0 aromatic heterocycles. The van der Waals surface area contributed by atoms with Gasteiger partial charge in [-0.25, -0.2) is 4.79 Å². The maximum atomic E-state index is 14.6. The van der Waals surface area contributed by atoms with E-state index in [1.54, 1.807) is 58.0 Å². The van der Waals surface area contributed by atoms with Crippen LogP contribution in [0.3, 0.4) is 0 Å². The molecular formula is C50H77N13O13. The second-order valence-electron chi connectivity index (χ2n) is 18.9. The Morgan fingerprint density at radius 1 is 0.566 bits per heavy atom. The number of nitrogens with two attached hydrogens (primary N) is 5. The molecule has 0 unspecified atom stereocenters. The largest absolute Gasteiger partial charge is 0.508 e. The highest BCUT2D eigenvalue weighted by Crippen LogP contribution is 2.15. The number of unbranched alkanes of at least 4 members (excludes halogenated alkanes) is 1. The van der Waals surface area contributed by atoms with E-state index in [-0.39, 0.29) is 69.2 Å². The zero-order valence-corrected chi connectivity index (χ0v) is 43.4. The van der Waals surface area contributed by atoms with Gasteiger partial charge in [0, 0.05) is 19.4 Å². The van der Waals surface area contributed by atoms with Crippen molar-refractivity contribution >= 4 is 65.2 Å². The molecule has 26 nitrogen and oxygen atoms in total.